The van der Waals surface area contributed by atoms with Crippen LogP contribution in [0.2, 0.25) is 0 Å². The van der Waals surface area contributed by atoms with Gasteiger partial charge in [-0.15, -0.1) is 0 Å². The lowest BCUT2D eigenvalue weighted by atomic mass is 10.1. The summed E-state index contributed by atoms with van der Waals surface area (Å²) in [4.78, 5) is 49.3. The summed E-state index contributed by atoms with van der Waals surface area (Å²) in [6, 6.07) is 35.2. The molecule has 0 spiro atoms. The molecular weight excluding hydrogens is 961 g/mol. The number of nitrogens with zero attached hydrogens (tertiary/aromatic N) is 2. The van der Waals surface area contributed by atoms with Crippen LogP contribution in [0.4, 0.5) is 0 Å². The first-order chi connectivity index (χ1) is 33.4. The summed E-state index contributed by atoms with van der Waals surface area (Å²) >= 11 is 0. The van der Waals surface area contributed by atoms with Gasteiger partial charge in [-0.05, 0) is 137 Å². The van der Waals surface area contributed by atoms with Crippen molar-refractivity contribution in [3.8, 4) is 34.0 Å². The third-order valence-electron chi connectivity index (χ3n) is 11.2. The maximum atomic E-state index is 13.0. The summed E-state index contributed by atoms with van der Waals surface area (Å²) in [6.45, 7) is 6.27. The molecule has 0 bridgehead atoms. The third kappa shape index (κ3) is 15.9. The number of aromatic nitrogens is 2. The zero-order chi connectivity index (χ0) is 50.8. The molecule has 0 amide bonds. The number of benzene rings is 4. The highest BCUT2D eigenvalue weighted by molar-refractivity contribution is 7.91. The Hall–Kier alpha value is -7.30. The first-order valence-electron chi connectivity index (χ1n) is 22.1. The number of likely N-dealkylation sites (tertiary alicyclic amines) is 2. The van der Waals surface area contributed by atoms with E-state index in [2.05, 4.69) is 31.9 Å². The number of carboxylic acid groups (broad SMARTS) is 4. The largest absolute Gasteiger partial charge is 0.496 e. The van der Waals surface area contributed by atoms with Gasteiger partial charge in [0.1, 0.15) is 11.5 Å². The summed E-state index contributed by atoms with van der Waals surface area (Å²) in [5, 5.41) is 29.6. The number of aliphatic carboxylic acids is 4. The van der Waals surface area contributed by atoms with Gasteiger partial charge in [0.15, 0.2) is 0 Å². The molecule has 0 radical (unpaired) electrons. The number of piperidine rings is 2. The standard InChI is InChI=1S/2C23H26N2O3S.2C2H2O4.H2O/c2*1-28-23-13-11-20(29(26,27)19-8-4-2-5-9-19)16-21(23)22-12-10-18(24-22)17-25-14-6-3-7-15-25;2*3-1(4)2(5)6;/h2*2,4-5,8-13,16,24H,3,6-7,14-15,17H2,1H3;2*(H,3,4)(H,5,6);1H2. The van der Waals surface area contributed by atoms with Crippen molar-refractivity contribution in [1.29, 1.82) is 0 Å². The highest BCUT2D eigenvalue weighted by atomic mass is 32.2. The molecule has 4 aromatic carbocycles. The molecule has 0 unspecified atom stereocenters. The second-order valence-electron chi connectivity index (χ2n) is 16.0. The van der Waals surface area contributed by atoms with Crippen molar-refractivity contribution in [2.24, 2.45) is 0 Å². The van der Waals surface area contributed by atoms with Gasteiger partial charge in [-0.3, -0.25) is 9.80 Å². The Labute approximate surface area is 411 Å². The maximum Gasteiger partial charge on any atom is 0.414 e. The van der Waals surface area contributed by atoms with Crippen molar-refractivity contribution in [3.63, 3.8) is 0 Å². The second-order valence-corrected chi connectivity index (χ2v) is 19.9. The van der Waals surface area contributed by atoms with E-state index in [1.165, 1.54) is 38.5 Å². The van der Waals surface area contributed by atoms with Crippen molar-refractivity contribution in [2.45, 2.75) is 71.2 Å². The maximum absolute atomic E-state index is 13.0. The number of hydrogen-bond donors (Lipinski definition) is 6. The summed E-state index contributed by atoms with van der Waals surface area (Å²) in [6.07, 6.45) is 7.63. The highest BCUT2D eigenvalue weighted by Gasteiger charge is 2.23. The Morgan fingerprint density at radius 3 is 1.08 bits per heavy atom. The zero-order valence-corrected chi connectivity index (χ0v) is 40.7. The fourth-order valence-corrected chi connectivity index (χ4v) is 10.3. The van der Waals surface area contributed by atoms with E-state index < -0.39 is 43.6 Å². The number of H-pyrrole nitrogens is 2. The Morgan fingerprint density at radius 1 is 0.465 bits per heavy atom. The molecule has 380 valence electrons. The predicted octanol–water partition coefficient (Wildman–Crippen LogP) is 6.50. The lowest BCUT2D eigenvalue weighted by Crippen LogP contribution is -2.29. The van der Waals surface area contributed by atoms with Crippen molar-refractivity contribution in [2.75, 3.05) is 40.4 Å². The Bertz CT molecular complexity index is 2710. The lowest BCUT2D eigenvalue weighted by Gasteiger charge is -2.25. The van der Waals surface area contributed by atoms with Crippen LogP contribution in [-0.4, -0.2) is 127 Å². The molecule has 2 saturated heterocycles. The Morgan fingerprint density at radius 2 is 0.789 bits per heavy atom. The fraction of sp³-hybridized carbons (Fsp3) is 0.280. The molecule has 0 aliphatic carbocycles. The van der Waals surface area contributed by atoms with Crippen LogP contribution in [-0.2, 0) is 51.9 Å². The van der Waals surface area contributed by atoms with Crippen LogP contribution in [0, 0.1) is 0 Å². The van der Waals surface area contributed by atoms with E-state index in [9.17, 15) is 16.8 Å². The first-order valence-corrected chi connectivity index (χ1v) is 25.1. The molecule has 6 aromatic rings. The monoisotopic (exact) mass is 1020 g/mol. The van der Waals surface area contributed by atoms with E-state index in [1.54, 1.807) is 111 Å². The number of carboxylic acids is 4. The zero-order valence-electron chi connectivity index (χ0n) is 39.1. The minimum atomic E-state index is -3.59. The van der Waals surface area contributed by atoms with Crippen LogP contribution < -0.4 is 9.47 Å². The lowest BCUT2D eigenvalue weighted by molar-refractivity contribution is -0.159. The minimum absolute atomic E-state index is 0. The van der Waals surface area contributed by atoms with Crippen LogP contribution in [0.1, 0.15) is 49.9 Å². The number of carbonyl (C=O) groups is 4. The van der Waals surface area contributed by atoms with E-state index in [-0.39, 0.29) is 25.1 Å². The predicted molar refractivity (Wildman–Crippen MR) is 262 cm³/mol. The van der Waals surface area contributed by atoms with E-state index in [0.29, 0.717) is 11.5 Å². The first kappa shape index (κ1) is 56.3. The normalized spacial score (nSPS) is 13.8. The van der Waals surface area contributed by atoms with Crippen molar-refractivity contribution in [3.05, 3.63) is 133 Å². The third-order valence-corrected chi connectivity index (χ3v) is 14.7. The van der Waals surface area contributed by atoms with Crippen LogP contribution in [0.5, 0.6) is 11.5 Å². The summed E-state index contributed by atoms with van der Waals surface area (Å²) in [7, 11) is -3.98. The van der Waals surface area contributed by atoms with Gasteiger partial charge in [0.25, 0.3) is 0 Å². The number of aromatic amines is 2. The van der Waals surface area contributed by atoms with Gasteiger partial charge in [-0.1, -0.05) is 49.2 Å². The van der Waals surface area contributed by atoms with Gasteiger partial charge >= 0.3 is 23.9 Å². The molecule has 2 aromatic heterocycles. The molecule has 0 saturated carbocycles. The fourth-order valence-electron chi connectivity index (χ4n) is 7.70. The van der Waals surface area contributed by atoms with Gasteiger partial charge in [-0.25, -0.2) is 36.0 Å². The number of nitrogens with one attached hydrogen (secondary N) is 2. The van der Waals surface area contributed by atoms with Gasteiger partial charge in [0, 0.05) is 47.0 Å². The van der Waals surface area contributed by atoms with Crippen LogP contribution in [0.3, 0.4) is 0 Å². The van der Waals surface area contributed by atoms with Gasteiger partial charge < -0.3 is 45.3 Å². The quantitative estimate of drug-likeness (QED) is 0.0712. The van der Waals surface area contributed by atoms with Gasteiger partial charge in [-0.2, -0.15) is 0 Å². The molecule has 8 N–H and O–H groups in total. The molecule has 8 rings (SSSR count). The van der Waals surface area contributed by atoms with Gasteiger partial charge in [0.05, 0.1) is 33.8 Å². The van der Waals surface area contributed by atoms with Crippen LogP contribution >= 0.6 is 0 Å². The molecule has 2 aliphatic rings. The van der Waals surface area contributed by atoms with E-state index in [4.69, 9.17) is 49.1 Å². The van der Waals surface area contributed by atoms with E-state index in [0.717, 1.165) is 73.2 Å². The molecule has 2 aliphatic heterocycles. The molecule has 21 heteroatoms. The minimum Gasteiger partial charge on any atom is -0.496 e. The van der Waals surface area contributed by atoms with Crippen molar-refractivity contribution < 1.29 is 71.4 Å². The average Bonchev–Trinajstić information content (AvgIpc) is 4.05. The second kappa shape index (κ2) is 26.6. The number of ether oxygens (including phenoxy) is 2. The number of hydrogen-bond acceptors (Lipinski definition) is 12. The highest BCUT2D eigenvalue weighted by Crippen LogP contribution is 2.35. The van der Waals surface area contributed by atoms with Crippen LogP contribution in [0.25, 0.3) is 22.5 Å². The summed E-state index contributed by atoms with van der Waals surface area (Å²) < 4.78 is 63.1. The smallest absolute Gasteiger partial charge is 0.414 e. The Balaban J connectivity index is 0.000000248. The molecule has 19 nitrogen and oxygen atoms in total. The Kier molecular flexibility index (Phi) is 21.1. The topological polar surface area (TPSA) is 306 Å². The number of rotatable bonds is 12. The molecular formula is C50H58N4O15S2. The number of methoxy groups -OCH3 is 2. The van der Waals surface area contributed by atoms with Crippen LogP contribution in [0.15, 0.2) is 141 Å². The SMILES string of the molecule is COc1ccc(S(=O)(=O)c2ccccc2)cc1-c1ccc(CN2CCCCC2)[nH]1.COc1ccc(S(=O)(=O)c2ccccc2)cc1-c1ccc(CN2CCCCC2)[nH]1.O.O=C(O)C(=O)O.O=C(O)C(=O)O. The molecule has 0 atom stereocenters. The van der Waals surface area contributed by atoms with Gasteiger partial charge in [0.2, 0.25) is 19.7 Å². The summed E-state index contributed by atoms with van der Waals surface area (Å²) in [5.41, 5.74) is 5.46. The van der Waals surface area contributed by atoms with E-state index >= 15 is 0 Å². The average molecular weight is 1020 g/mol. The summed E-state index contributed by atoms with van der Waals surface area (Å²) in [5.74, 6) is -6.01. The number of sulfone groups is 2. The molecule has 71 heavy (non-hydrogen) atoms. The molecule has 2 fully saturated rings. The van der Waals surface area contributed by atoms with Crippen molar-refractivity contribution in [1.82, 2.24) is 19.8 Å². The van der Waals surface area contributed by atoms with E-state index in [1.807, 2.05) is 12.1 Å². The molecule has 4 heterocycles. The van der Waals surface area contributed by atoms with Crippen molar-refractivity contribution >= 4 is 43.6 Å².